The minimum Gasteiger partial charge on any atom is -0.379 e. The van der Waals surface area contributed by atoms with Crippen LogP contribution in [0.15, 0.2) is 0 Å². The predicted octanol–water partition coefficient (Wildman–Crippen LogP) is 2.25. The molecule has 0 amide bonds. The van der Waals surface area contributed by atoms with Gasteiger partial charge >= 0.3 is 0 Å². The van der Waals surface area contributed by atoms with Gasteiger partial charge in [0.25, 0.3) is 0 Å². The molecule has 0 aromatic heterocycles. The lowest BCUT2D eigenvalue weighted by Crippen LogP contribution is -2.65. The van der Waals surface area contributed by atoms with Crippen LogP contribution in [0.4, 0.5) is 0 Å². The molecular weight excluding hydrogens is 224 g/mol. The largest absolute Gasteiger partial charge is 0.379 e. The van der Waals surface area contributed by atoms with Crippen molar-refractivity contribution in [3.8, 4) is 0 Å². The predicted molar refractivity (Wildman–Crippen MR) is 75.6 cm³/mol. The lowest BCUT2D eigenvalue weighted by atomic mass is 9.62. The lowest BCUT2D eigenvalue weighted by Gasteiger charge is -2.56. The van der Waals surface area contributed by atoms with Crippen molar-refractivity contribution >= 4 is 0 Å². The molecule has 2 fully saturated rings. The average molecular weight is 254 g/mol. The first-order chi connectivity index (χ1) is 8.41. The van der Waals surface area contributed by atoms with Gasteiger partial charge < -0.3 is 10.5 Å². The van der Waals surface area contributed by atoms with Crippen LogP contribution in [0.2, 0.25) is 0 Å². The molecule has 1 heterocycles. The molecule has 18 heavy (non-hydrogen) atoms. The van der Waals surface area contributed by atoms with Crippen molar-refractivity contribution < 1.29 is 4.74 Å². The van der Waals surface area contributed by atoms with Gasteiger partial charge in [0.15, 0.2) is 0 Å². The minimum absolute atomic E-state index is 0.207. The standard InChI is InChI=1S/C15H30N2O/c1-12-9-14(3,4)5-6-15(12,11-16)17-7-8-18-10-13(17)2/h12-13H,5-11,16H2,1-4H3. The number of nitrogens with zero attached hydrogens (tertiary/aromatic N) is 1. The number of hydrogen-bond donors (Lipinski definition) is 1. The second kappa shape index (κ2) is 5.10. The van der Waals surface area contributed by atoms with Gasteiger partial charge in [-0.1, -0.05) is 20.8 Å². The first kappa shape index (κ1) is 14.3. The van der Waals surface area contributed by atoms with Crippen molar-refractivity contribution in [1.82, 2.24) is 4.90 Å². The van der Waals surface area contributed by atoms with Crippen molar-refractivity contribution in [2.45, 2.75) is 58.5 Å². The molecule has 3 atom stereocenters. The van der Waals surface area contributed by atoms with E-state index in [4.69, 9.17) is 10.5 Å². The van der Waals surface area contributed by atoms with Gasteiger partial charge in [0.2, 0.25) is 0 Å². The molecule has 3 nitrogen and oxygen atoms in total. The van der Waals surface area contributed by atoms with Crippen LogP contribution in [0.1, 0.15) is 47.0 Å². The van der Waals surface area contributed by atoms with Gasteiger partial charge in [-0.2, -0.15) is 0 Å². The highest BCUT2D eigenvalue weighted by Crippen LogP contribution is 2.47. The van der Waals surface area contributed by atoms with Crippen LogP contribution in [0.25, 0.3) is 0 Å². The summed E-state index contributed by atoms with van der Waals surface area (Å²) in [5.41, 5.74) is 6.91. The molecule has 0 bridgehead atoms. The Morgan fingerprint density at radius 3 is 2.56 bits per heavy atom. The molecule has 1 saturated heterocycles. The fourth-order valence-electron chi connectivity index (χ4n) is 4.16. The summed E-state index contributed by atoms with van der Waals surface area (Å²) in [6, 6.07) is 0.506. The highest BCUT2D eigenvalue weighted by Gasteiger charge is 2.48. The summed E-state index contributed by atoms with van der Waals surface area (Å²) < 4.78 is 5.59. The summed E-state index contributed by atoms with van der Waals surface area (Å²) in [7, 11) is 0. The molecule has 3 unspecified atom stereocenters. The molecule has 0 aromatic rings. The summed E-state index contributed by atoms with van der Waals surface area (Å²) in [4.78, 5) is 2.65. The van der Waals surface area contributed by atoms with E-state index in [-0.39, 0.29) is 5.54 Å². The summed E-state index contributed by atoms with van der Waals surface area (Å²) >= 11 is 0. The van der Waals surface area contributed by atoms with Crippen molar-refractivity contribution in [3.63, 3.8) is 0 Å². The van der Waals surface area contributed by atoms with E-state index in [9.17, 15) is 0 Å². The van der Waals surface area contributed by atoms with E-state index in [1.807, 2.05) is 0 Å². The maximum atomic E-state index is 6.23. The average Bonchev–Trinajstić information content (AvgIpc) is 2.30. The molecule has 1 aliphatic heterocycles. The molecule has 3 heteroatoms. The topological polar surface area (TPSA) is 38.5 Å². The van der Waals surface area contributed by atoms with Gasteiger partial charge in [0.1, 0.15) is 0 Å². The fourth-order valence-corrected chi connectivity index (χ4v) is 4.16. The van der Waals surface area contributed by atoms with Crippen molar-refractivity contribution in [1.29, 1.82) is 0 Å². The SMILES string of the molecule is CC1COCCN1C1(CN)CCC(C)(C)CC1C. The Bertz CT molecular complexity index is 292. The Balaban J connectivity index is 2.19. The quantitative estimate of drug-likeness (QED) is 0.821. The van der Waals surface area contributed by atoms with Crippen molar-refractivity contribution in [3.05, 3.63) is 0 Å². The van der Waals surface area contributed by atoms with Crippen molar-refractivity contribution in [2.24, 2.45) is 17.1 Å². The van der Waals surface area contributed by atoms with Crippen LogP contribution in [0, 0.1) is 11.3 Å². The van der Waals surface area contributed by atoms with Crippen LogP contribution in [-0.4, -0.2) is 42.8 Å². The zero-order valence-corrected chi connectivity index (χ0v) is 12.5. The summed E-state index contributed by atoms with van der Waals surface area (Å²) in [5, 5.41) is 0. The third kappa shape index (κ3) is 2.45. The van der Waals surface area contributed by atoms with E-state index in [1.54, 1.807) is 0 Å². The fraction of sp³-hybridized carbons (Fsp3) is 1.00. The van der Waals surface area contributed by atoms with Gasteiger partial charge in [0.05, 0.1) is 13.2 Å². The van der Waals surface area contributed by atoms with Crippen LogP contribution >= 0.6 is 0 Å². The summed E-state index contributed by atoms with van der Waals surface area (Å²) in [6.45, 7) is 13.0. The van der Waals surface area contributed by atoms with Crippen LogP contribution in [-0.2, 0) is 4.74 Å². The number of morpholine rings is 1. The summed E-state index contributed by atoms with van der Waals surface area (Å²) in [6.07, 6.45) is 3.81. The van der Waals surface area contributed by atoms with E-state index in [1.165, 1.54) is 19.3 Å². The van der Waals surface area contributed by atoms with E-state index >= 15 is 0 Å². The van der Waals surface area contributed by atoms with Gasteiger partial charge in [0, 0.05) is 24.7 Å². The molecule has 0 aromatic carbocycles. The van der Waals surface area contributed by atoms with Crippen LogP contribution in [0.3, 0.4) is 0 Å². The molecule has 2 aliphatic rings. The second-order valence-corrected chi connectivity index (χ2v) is 7.19. The van der Waals surface area contributed by atoms with E-state index < -0.39 is 0 Å². The van der Waals surface area contributed by atoms with Gasteiger partial charge in [-0.05, 0) is 37.5 Å². The molecule has 2 rings (SSSR count). The zero-order chi connectivity index (χ0) is 13.4. The van der Waals surface area contributed by atoms with Gasteiger partial charge in [-0.15, -0.1) is 0 Å². The summed E-state index contributed by atoms with van der Waals surface area (Å²) in [5.74, 6) is 0.673. The molecule has 0 spiro atoms. The third-order valence-electron chi connectivity index (χ3n) is 5.30. The lowest BCUT2D eigenvalue weighted by molar-refractivity contribution is -0.100. The molecule has 2 N–H and O–H groups in total. The van der Waals surface area contributed by atoms with Crippen molar-refractivity contribution in [2.75, 3.05) is 26.3 Å². The molecule has 1 aliphatic carbocycles. The maximum absolute atomic E-state index is 6.23. The second-order valence-electron chi connectivity index (χ2n) is 7.19. The zero-order valence-electron chi connectivity index (χ0n) is 12.5. The van der Waals surface area contributed by atoms with E-state index in [0.29, 0.717) is 17.4 Å². The Morgan fingerprint density at radius 2 is 2.00 bits per heavy atom. The Morgan fingerprint density at radius 1 is 1.28 bits per heavy atom. The maximum Gasteiger partial charge on any atom is 0.0620 e. The highest BCUT2D eigenvalue weighted by atomic mass is 16.5. The number of ether oxygens (including phenoxy) is 1. The van der Waals surface area contributed by atoms with Crippen LogP contribution < -0.4 is 5.73 Å². The Kier molecular flexibility index (Phi) is 4.05. The van der Waals surface area contributed by atoms with E-state index in [2.05, 4.69) is 32.6 Å². The molecular formula is C15H30N2O. The van der Waals surface area contributed by atoms with Gasteiger partial charge in [-0.25, -0.2) is 0 Å². The Labute approximate surface area is 112 Å². The normalized spacial score (nSPS) is 41.8. The minimum atomic E-state index is 0.207. The molecule has 0 radical (unpaired) electrons. The number of rotatable bonds is 2. The number of hydrogen-bond acceptors (Lipinski definition) is 3. The molecule has 106 valence electrons. The smallest absolute Gasteiger partial charge is 0.0620 e. The van der Waals surface area contributed by atoms with E-state index in [0.717, 1.165) is 26.3 Å². The molecule has 1 saturated carbocycles. The highest BCUT2D eigenvalue weighted by molar-refractivity contribution is 5.03. The van der Waals surface area contributed by atoms with Crippen LogP contribution in [0.5, 0.6) is 0 Å². The van der Waals surface area contributed by atoms with Gasteiger partial charge in [-0.3, -0.25) is 4.90 Å². The third-order valence-corrected chi connectivity index (χ3v) is 5.30. The first-order valence-corrected chi connectivity index (χ1v) is 7.46. The monoisotopic (exact) mass is 254 g/mol. The number of nitrogens with two attached hydrogens (primary N) is 1. The Hall–Kier alpha value is -0.120. The first-order valence-electron chi connectivity index (χ1n) is 7.46.